The Bertz CT molecular complexity index is 1300. The molecule has 0 bridgehead atoms. The minimum Gasteiger partial charge on any atom is -0.449 e. The van der Waals surface area contributed by atoms with Crippen molar-refractivity contribution >= 4 is 27.8 Å². The number of fused-ring (bicyclic) bond motifs is 3. The van der Waals surface area contributed by atoms with Gasteiger partial charge in [0.25, 0.3) is 5.56 Å². The molecule has 0 aliphatic carbocycles. The highest BCUT2D eigenvalue weighted by molar-refractivity contribution is 6.01. The number of nitrogens with zero attached hydrogens (tertiary/aromatic N) is 3. The number of H-pyrrole nitrogens is 1. The van der Waals surface area contributed by atoms with Crippen molar-refractivity contribution in [1.29, 1.82) is 0 Å². The molecule has 0 atom stereocenters. The Morgan fingerprint density at radius 2 is 1.81 bits per heavy atom. The van der Waals surface area contributed by atoms with Crippen molar-refractivity contribution in [2.75, 3.05) is 31.1 Å². The quantitative estimate of drug-likeness (QED) is 0.534. The smallest absolute Gasteiger partial charge is 0.416 e. The van der Waals surface area contributed by atoms with Gasteiger partial charge in [0.2, 0.25) is 5.58 Å². The third kappa shape index (κ3) is 3.76. The van der Waals surface area contributed by atoms with Gasteiger partial charge in [0, 0.05) is 37.3 Å². The van der Waals surface area contributed by atoms with Gasteiger partial charge in [-0.15, -0.1) is 0 Å². The average molecular weight is 428 g/mol. The number of piperazine rings is 1. The van der Waals surface area contributed by atoms with Gasteiger partial charge in [-0.3, -0.25) is 9.69 Å². The number of hydrogen-bond acceptors (Lipinski definition) is 5. The van der Waals surface area contributed by atoms with E-state index in [-0.39, 0.29) is 11.1 Å². The molecule has 4 aromatic rings. The van der Waals surface area contributed by atoms with Crippen molar-refractivity contribution in [3.63, 3.8) is 0 Å². The van der Waals surface area contributed by atoms with Gasteiger partial charge in [0.1, 0.15) is 16.9 Å². The van der Waals surface area contributed by atoms with Gasteiger partial charge in [-0.2, -0.15) is 13.2 Å². The minimum atomic E-state index is -4.36. The first-order valence-corrected chi connectivity index (χ1v) is 9.93. The van der Waals surface area contributed by atoms with Crippen molar-refractivity contribution in [3.8, 4) is 0 Å². The molecule has 1 N–H and O–H groups in total. The number of nitrogens with one attached hydrogen (secondary N) is 1. The summed E-state index contributed by atoms with van der Waals surface area (Å²) in [5, 5.41) is 0.791. The lowest BCUT2D eigenvalue weighted by Crippen LogP contribution is -2.46. The summed E-state index contributed by atoms with van der Waals surface area (Å²) in [5.41, 5.74) is 0.958. The van der Waals surface area contributed by atoms with Crippen molar-refractivity contribution in [2.45, 2.75) is 12.7 Å². The van der Waals surface area contributed by atoms with Crippen LogP contribution >= 0.6 is 0 Å². The van der Waals surface area contributed by atoms with E-state index in [9.17, 15) is 18.0 Å². The van der Waals surface area contributed by atoms with Gasteiger partial charge in [0.05, 0.1) is 12.1 Å². The number of halogens is 3. The van der Waals surface area contributed by atoms with Crippen LogP contribution in [0.3, 0.4) is 0 Å². The summed E-state index contributed by atoms with van der Waals surface area (Å²) < 4.78 is 44.6. The van der Waals surface area contributed by atoms with Crippen molar-refractivity contribution in [2.24, 2.45) is 0 Å². The summed E-state index contributed by atoms with van der Waals surface area (Å²) in [5.74, 6) is 0.538. The molecule has 31 heavy (non-hydrogen) atoms. The Hall–Kier alpha value is -3.33. The van der Waals surface area contributed by atoms with Crippen LogP contribution in [-0.4, -0.2) is 41.0 Å². The molecule has 160 valence electrons. The molecule has 1 fully saturated rings. The summed E-state index contributed by atoms with van der Waals surface area (Å²) in [6.07, 6.45) is -4.36. The SMILES string of the molecule is O=c1[nH]c(CN2CCN(c3cccc(C(F)(F)F)c3)CC2)nc2c1oc1ccccc12. The van der Waals surface area contributed by atoms with E-state index in [1.165, 1.54) is 12.1 Å². The fourth-order valence-corrected chi connectivity index (χ4v) is 3.98. The Labute approximate surface area is 174 Å². The second kappa shape index (κ2) is 7.42. The second-order valence-corrected chi connectivity index (χ2v) is 7.60. The molecule has 0 unspecified atom stereocenters. The van der Waals surface area contributed by atoms with Crippen LogP contribution in [0.15, 0.2) is 57.7 Å². The van der Waals surface area contributed by atoms with Crippen LogP contribution in [0, 0.1) is 0 Å². The summed E-state index contributed by atoms with van der Waals surface area (Å²) in [7, 11) is 0. The molecule has 2 aromatic carbocycles. The fourth-order valence-electron chi connectivity index (χ4n) is 3.98. The molecule has 9 heteroatoms. The van der Waals surface area contributed by atoms with Crippen molar-refractivity contribution in [3.05, 3.63) is 70.3 Å². The third-order valence-corrected chi connectivity index (χ3v) is 5.56. The number of furan rings is 1. The monoisotopic (exact) mass is 428 g/mol. The first-order chi connectivity index (χ1) is 14.9. The number of anilines is 1. The number of para-hydroxylation sites is 1. The van der Waals surface area contributed by atoms with Gasteiger partial charge in [-0.1, -0.05) is 18.2 Å². The van der Waals surface area contributed by atoms with Gasteiger partial charge in [-0.05, 0) is 30.3 Å². The molecule has 0 spiro atoms. The Balaban J connectivity index is 1.31. The van der Waals surface area contributed by atoms with E-state index >= 15 is 0 Å². The normalized spacial score (nSPS) is 15.8. The molecule has 6 nitrogen and oxygen atoms in total. The van der Waals surface area contributed by atoms with E-state index in [0.717, 1.165) is 11.5 Å². The standard InChI is InChI=1S/C22H19F3N4O2/c23-22(24,25)14-4-3-5-15(12-14)29-10-8-28(9-11-29)13-18-26-19-16-6-1-2-7-17(16)31-20(19)21(30)27-18/h1-7,12H,8-11,13H2,(H,26,27,30). The van der Waals surface area contributed by atoms with E-state index in [1.54, 1.807) is 12.1 Å². The lowest BCUT2D eigenvalue weighted by molar-refractivity contribution is -0.137. The lowest BCUT2D eigenvalue weighted by atomic mass is 10.1. The maximum atomic E-state index is 13.0. The highest BCUT2D eigenvalue weighted by atomic mass is 19.4. The number of aromatic amines is 1. The van der Waals surface area contributed by atoms with Gasteiger partial charge in [-0.25, -0.2) is 4.98 Å². The molecule has 5 rings (SSSR count). The third-order valence-electron chi connectivity index (χ3n) is 5.56. The van der Waals surface area contributed by atoms with Crippen LogP contribution in [0.1, 0.15) is 11.4 Å². The molecular formula is C22H19F3N4O2. The predicted octanol–water partition coefficient (Wildman–Crippen LogP) is 4.01. The van der Waals surface area contributed by atoms with Crippen LogP contribution < -0.4 is 10.5 Å². The molecule has 3 heterocycles. The molecular weight excluding hydrogens is 409 g/mol. The van der Waals surface area contributed by atoms with Gasteiger partial charge >= 0.3 is 6.18 Å². The van der Waals surface area contributed by atoms with Crippen LogP contribution in [0.4, 0.5) is 18.9 Å². The highest BCUT2D eigenvalue weighted by Gasteiger charge is 2.31. The molecule has 2 aromatic heterocycles. The number of aromatic nitrogens is 2. The minimum absolute atomic E-state index is 0.208. The number of hydrogen-bond donors (Lipinski definition) is 1. The Morgan fingerprint density at radius 3 is 2.58 bits per heavy atom. The summed E-state index contributed by atoms with van der Waals surface area (Å²) >= 11 is 0. The zero-order valence-corrected chi connectivity index (χ0v) is 16.4. The summed E-state index contributed by atoms with van der Waals surface area (Å²) in [6, 6.07) is 12.8. The number of rotatable bonds is 3. The van der Waals surface area contributed by atoms with Gasteiger partial charge in [0.15, 0.2) is 0 Å². The molecule has 1 saturated heterocycles. The molecule has 0 radical (unpaired) electrons. The topological polar surface area (TPSA) is 65.4 Å². The predicted molar refractivity (Wildman–Crippen MR) is 111 cm³/mol. The molecule has 0 amide bonds. The zero-order chi connectivity index (χ0) is 21.6. The largest absolute Gasteiger partial charge is 0.449 e. The summed E-state index contributed by atoms with van der Waals surface area (Å²) in [6.45, 7) is 2.90. The van der Waals surface area contributed by atoms with Crippen LogP contribution in [0.5, 0.6) is 0 Å². The van der Waals surface area contributed by atoms with Crippen molar-refractivity contribution < 1.29 is 17.6 Å². The fraction of sp³-hybridized carbons (Fsp3) is 0.273. The Kier molecular flexibility index (Phi) is 4.70. The van der Waals surface area contributed by atoms with E-state index in [0.29, 0.717) is 55.3 Å². The number of benzene rings is 2. The van der Waals surface area contributed by atoms with Crippen LogP contribution in [0.25, 0.3) is 22.1 Å². The maximum absolute atomic E-state index is 13.0. The van der Waals surface area contributed by atoms with E-state index < -0.39 is 11.7 Å². The maximum Gasteiger partial charge on any atom is 0.416 e. The second-order valence-electron chi connectivity index (χ2n) is 7.60. The van der Waals surface area contributed by atoms with E-state index in [2.05, 4.69) is 14.9 Å². The van der Waals surface area contributed by atoms with E-state index in [4.69, 9.17) is 4.42 Å². The zero-order valence-electron chi connectivity index (χ0n) is 16.4. The highest BCUT2D eigenvalue weighted by Crippen LogP contribution is 2.32. The average Bonchev–Trinajstić information content (AvgIpc) is 3.13. The summed E-state index contributed by atoms with van der Waals surface area (Å²) in [4.78, 5) is 23.9. The first-order valence-electron chi connectivity index (χ1n) is 9.93. The van der Waals surface area contributed by atoms with Crippen LogP contribution in [-0.2, 0) is 12.7 Å². The van der Waals surface area contributed by atoms with E-state index in [1.807, 2.05) is 23.1 Å². The number of alkyl halides is 3. The Morgan fingerprint density at radius 1 is 1.03 bits per heavy atom. The lowest BCUT2D eigenvalue weighted by Gasteiger charge is -2.36. The molecule has 1 aliphatic rings. The van der Waals surface area contributed by atoms with Gasteiger partial charge < -0.3 is 14.3 Å². The first kappa shape index (κ1) is 19.6. The van der Waals surface area contributed by atoms with Crippen molar-refractivity contribution in [1.82, 2.24) is 14.9 Å². The molecule has 0 saturated carbocycles. The molecule has 1 aliphatic heterocycles. The van der Waals surface area contributed by atoms with Crippen LogP contribution in [0.2, 0.25) is 0 Å².